The van der Waals surface area contributed by atoms with Crippen LogP contribution in [0.15, 0.2) is 46.4 Å². The van der Waals surface area contributed by atoms with Gasteiger partial charge in [0.15, 0.2) is 15.8 Å². The fraction of sp³-hybridized carbons (Fsp3) is 0.429. The Bertz CT molecular complexity index is 942. The maximum Gasteiger partial charge on any atom is 0.191 e. The first-order valence-corrected chi connectivity index (χ1v) is 11.6. The van der Waals surface area contributed by atoms with Crippen molar-refractivity contribution in [3.63, 3.8) is 0 Å². The molecule has 0 bridgehead atoms. The van der Waals surface area contributed by atoms with E-state index in [-0.39, 0.29) is 24.0 Å². The number of benzene rings is 1. The maximum atomic E-state index is 11.7. The van der Waals surface area contributed by atoms with Crippen molar-refractivity contribution in [2.45, 2.75) is 38.8 Å². The molecule has 1 heterocycles. The molecule has 0 saturated heterocycles. The van der Waals surface area contributed by atoms with Gasteiger partial charge in [0.05, 0.1) is 4.90 Å². The lowest BCUT2D eigenvalue weighted by atomic mass is 10.1. The Morgan fingerprint density at radius 3 is 2.13 bits per heavy atom. The summed E-state index contributed by atoms with van der Waals surface area (Å²) >= 11 is 0. The van der Waals surface area contributed by atoms with Crippen molar-refractivity contribution < 1.29 is 8.42 Å². The zero-order chi connectivity index (χ0) is 21.4. The van der Waals surface area contributed by atoms with Gasteiger partial charge in [-0.1, -0.05) is 18.2 Å². The number of nitrogens with one attached hydrogen (secondary N) is 2. The van der Waals surface area contributed by atoms with Gasteiger partial charge < -0.3 is 15.5 Å². The number of guanidine groups is 1. The highest BCUT2D eigenvalue weighted by molar-refractivity contribution is 14.0. The first-order chi connectivity index (χ1) is 13.8. The van der Waals surface area contributed by atoms with Crippen LogP contribution in [0, 0.1) is 6.92 Å². The highest BCUT2D eigenvalue weighted by Gasteiger charge is 2.11. The van der Waals surface area contributed by atoms with Gasteiger partial charge in [0.1, 0.15) is 5.82 Å². The first kappa shape index (κ1) is 26.2. The Kier molecular flexibility index (Phi) is 10.5. The summed E-state index contributed by atoms with van der Waals surface area (Å²) in [6.45, 7) is 9.06. The molecule has 1 aromatic carbocycles. The molecule has 0 aliphatic rings. The molecule has 0 unspecified atom stereocenters. The van der Waals surface area contributed by atoms with Crippen LogP contribution < -0.4 is 15.5 Å². The minimum absolute atomic E-state index is 0. The molecule has 0 aliphatic carbocycles. The summed E-state index contributed by atoms with van der Waals surface area (Å²) in [5.74, 6) is 1.65. The molecule has 0 spiro atoms. The smallest absolute Gasteiger partial charge is 0.191 e. The number of aryl methyl sites for hydroxylation is 1. The van der Waals surface area contributed by atoms with Crippen molar-refractivity contribution in [1.82, 2.24) is 15.6 Å². The third-order valence-electron chi connectivity index (χ3n) is 4.68. The maximum absolute atomic E-state index is 11.7. The summed E-state index contributed by atoms with van der Waals surface area (Å²) in [6, 6.07) is 9.45. The summed E-state index contributed by atoms with van der Waals surface area (Å²) in [5.41, 5.74) is 2.80. The van der Waals surface area contributed by atoms with E-state index >= 15 is 0 Å². The third-order valence-corrected chi connectivity index (χ3v) is 5.94. The molecule has 0 amide bonds. The number of hydrogen-bond donors (Lipinski definition) is 2. The fourth-order valence-electron chi connectivity index (χ4n) is 3.09. The van der Waals surface area contributed by atoms with Gasteiger partial charge in [-0.05, 0) is 49.6 Å². The van der Waals surface area contributed by atoms with Crippen LogP contribution in [0.3, 0.4) is 0 Å². The van der Waals surface area contributed by atoms with Crippen molar-refractivity contribution >= 4 is 45.6 Å². The Labute approximate surface area is 197 Å². The monoisotopic (exact) mass is 545 g/mol. The van der Waals surface area contributed by atoms with Gasteiger partial charge in [-0.15, -0.1) is 24.0 Å². The van der Waals surface area contributed by atoms with Crippen LogP contribution in [0.25, 0.3) is 0 Å². The zero-order valence-electron chi connectivity index (χ0n) is 18.3. The van der Waals surface area contributed by atoms with E-state index in [1.165, 1.54) is 6.26 Å². The van der Waals surface area contributed by atoms with E-state index in [1.807, 2.05) is 31.3 Å². The molecule has 0 saturated carbocycles. The second-order valence-corrected chi connectivity index (χ2v) is 8.83. The number of aliphatic imine (C=N–C) groups is 1. The number of halogens is 1. The van der Waals surface area contributed by atoms with E-state index in [0.717, 1.165) is 35.6 Å². The zero-order valence-corrected chi connectivity index (χ0v) is 21.4. The Morgan fingerprint density at radius 1 is 1.07 bits per heavy atom. The summed E-state index contributed by atoms with van der Waals surface area (Å²) in [6.07, 6.45) is 3.10. The molecule has 30 heavy (non-hydrogen) atoms. The van der Waals surface area contributed by atoms with Gasteiger partial charge in [0, 0.05) is 45.7 Å². The lowest BCUT2D eigenvalue weighted by Gasteiger charge is -2.19. The highest BCUT2D eigenvalue weighted by Crippen LogP contribution is 2.16. The van der Waals surface area contributed by atoms with Gasteiger partial charge in [0.2, 0.25) is 0 Å². The van der Waals surface area contributed by atoms with Crippen molar-refractivity contribution in [3.8, 4) is 0 Å². The molecule has 0 fully saturated rings. The average Bonchev–Trinajstić information content (AvgIpc) is 2.69. The van der Waals surface area contributed by atoms with E-state index in [0.29, 0.717) is 23.9 Å². The number of aromatic nitrogens is 1. The van der Waals surface area contributed by atoms with Crippen molar-refractivity contribution in [2.75, 3.05) is 31.3 Å². The summed E-state index contributed by atoms with van der Waals surface area (Å²) in [7, 11) is -1.49. The van der Waals surface area contributed by atoms with Gasteiger partial charge in [-0.3, -0.25) is 4.99 Å². The second-order valence-electron chi connectivity index (χ2n) is 6.85. The summed E-state index contributed by atoms with van der Waals surface area (Å²) in [4.78, 5) is 11.3. The van der Waals surface area contributed by atoms with Gasteiger partial charge >= 0.3 is 0 Å². The number of hydrogen-bond acceptors (Lipinski definition) is 5. The number of anilines is 1. The third kappa shape index (κ3) is 7.42. The van der Waals surface area contributed by atoms with E-state index in [2.05, 4.69) is 45.4 Å². The lowest BCUT2D eigenvalue weighted by molar-refractivity contribution is 0.601. The van der Waals surface area contributed by atoms with E-state index in [9.17, 15) is 8.42 Å². The predicted octanol–water partition coefficient (Wildman–Crippen LogP) is 3.12. The fourth-order valence-corrected chi connectivity index (χ4v) is 4.04. The van der Waals surface area contributed by atoms with Crippen molar-refractivity contribution in [2.24, 2.45) is 4.99 Å². The van der Waals surface area contributed by atoms with Crippen molar-refractivity contribution in [3.05, 3.63) is 53.2 Å². The first-order valence-electron chi connectivity index (χ1n) is 9.72. The quantitative estimate of drug-likeness (QED) is 0.301. The number of sulfone groups is 1. The molecule has 2 rings (SSSR count). The minimum atomic E-state index is -3.20. The molecular weight excluding hydrogens is 513 g/mol. The molecule has 1 aromatic heterocycles. The lowest BCUT2D eigenvalue weighted by Crippen LogP contribution is -2.36. The summed E-state index contributed by atoms with van der Waals surface area (Å²) < 4.78 is 23.5. The number of nitrogens with zero attached hydrogens (tertiary/aromatic N) is 3. The molecule has 0 aliphatic heterocycles. The second kappa shape index (κ2) is 12.1. The number of rotatable bonds is 8. The highest BCUT2D eigenvalue weighted by atomic mass is 127. The van der Waals surface area contributed by atoms with Crippen LogP contribution in [-0.4, -0.2) is 45.8 Å². The van der Waals surface area contributed by atoms with Gasteiger partial charge in [-0.25, -0.2) is 13.4 Å². The van der Waals surface area contributed by atoms with Crippen LogP contribution in [0.2, 0.25) is 0 Å². The number of pyridine rings is 1. The van der Waals surface area contributed by atoms with Crippen molar-refractivity contribution in [1.29, 1.82) is 0 Å². The Morgan fingerprint density at radius 2 is 1.67 bits per heavy atom. The summed E-state index contributed by atoms with van der Waals surface area (Å²) in [5, 5.41) is 6.52. The molecule has 9 heteroatoms. The van der Waals surface area contributed by atoms with Gasteiger partial charge in [0.25, 0.3) is 0 Å². The van der Waals surface area contributed by atoms with E-state index < -0.39 is 9.84 Å². The van der Waals surface area contributed by atoms with E-state index in [4.69, 9.17) is 0 Å². The molecule has 7 nitrogen and oxygen atoms in total. The van der Waals surface area contributed by atoms with Crippen LogP contribution in [0.1, 0.15) is 30.5 Å². The largest absolute Gasteiger partial charge is 0.357 e. The van der Waals surface area contributed by atoms with Crippen LogP contribution in [0.4, 0.5) is 5.82 Å². The van der Waals surface area contributed by atoms with E-state index in [1.54, 1.807) is 13.1 Å². The topological polar surface area (TPSA) is 86.7 Å². The molecule has 2 N–H and O–H groups in total. The van der Waals surface area contributed by atoms with Gasteiger partial charge in [-0.2, -0.15) is 0 Å². The molecule has 0 radical (unpaired) electrons. The molecular formula is C21H32IN5O2S. The molecule has 166 valence electrons. The van der Waals surface area contributed by atoms with Crippen LogP contribution in [-0.2, 0) is 22.9 Å². The molecule has 0 atom stereocenters. The minimum Gasteiger partial charge on any atom is -0.357 e. The Hall–Kier alpha value is -1.88. The standard InChI is InChI=1S/C21H31N5O2S.HI/c1-6-26(7-2)20-11-9-18(14-23-20)15-25-21(22-4)24-13-17-8-10-19(16(3)12-17)29(5,27)28;/h8-12,14H,6-7,13,15H2,1-5H3,(H2,22,24,25);1H. The normalized spacial score (nSPS) is 11.6. The van der Waals surface area contributed by atoms with Crippen LogP contribution >= 0.6 is 24.0 Å². The average molecular weight is 545 g/mol. The predicted molar refractivity (Wildman–Crippen MR) is 135 cm³/mol. The van der Waals surface area contributed by atoms with Crippen LogP contribution in [0.5, 0.6) is 0 Å². The SMILES string of the molecule is CCN(CC)c1ccc(CNC(=NC)NCc2ccc(S(C)(=O)=O)c(C)c2)cn1.I. The molecule has 2 aromatic rings. The Balaban J connectivity index is 0.00000450.